The molecule has 1 amide bonds. The van der Waals surface area contributed by atoms with Crippen LogP contribution in [-0.2, 0) is 12.8 Å². The van der Waals surface area contributed by atoms with Crippen LogP contribution in [0.25, 0.3) is 0 Å². The molecule has 0 atom stereocenters. The molecule has 6 nitrogen and oxygen atoms in total. The van der Waals surface area contributed by atoms with Crippen molar-refractivity contribution in [3.05, 3.63) is 65.2 Å². The van der Waals surface area contributed by atoms with Crippen LogP contribution in [0, 0.1) is 0 Å². The Kier molecular flexibility index (Phi) is 8.85. The van der Waals surface area contributed by atoms with Gasteiger partial charge in [-0.1, -0.05) is 24.3 Å². The first-order valence-corrected chi connectivity index (χ1v) is 9.62. The van der Waals surface area contributed by atoms with Crippen LogP contribution in [-0.4, -0.2) is 45.7 Å². The van der Waals surface area contributed by atoms with Crippen LogP contribution in [0.1, 0.15) is 28.4 Å². The maximum Gasteiger partial charge on any atom is 0.251 e. The van der Waals surface area contributed by atoms with Crippen LogP contribution in [0.4, 0.5) is 0 Å². The predicted molar refractivity (Wildman–Crippen MR) is 114 cm³/mol. The number of aliphatic imine (C=N–C) groups is 1. The highest BCUT2D eigenvalue weighted by atomic mass is 16.5. The lowest BCUT2D eigenvalue weighted by Gasteiger charge is -2.12. The van der Waals surface area contributed by atoms with Gasteiger partial charge in [-0.3, -0.25) is 9.79 Å². The number of amides is 1. The second kappa shape index (κ2) is 11.6. The zero-order valence-electron chi connectivity index (χ0n) is 16.9. The Bertz CT molecular complexity index is 772. The number of rotatable bonds is 9. The summed E-state index contributed by atoms with van der Waals surface area (Å²) in [5.41, 5.74) is 3.02. The van der Waals surface area contributed by atoms with Crippen molar-refractivity contribution in [3.8, 4) is 5.75 Å². The van der Waals surface area contributed by atoms with E-state index in [4.69, 9.17) is 4.74 Å². The van der Waals surface area contributed by atoms with Crippen molar-refractivity contribution < 1.29 is 9.53 Å². The summed E-state index contributed by atoms with van der Waals surface area (Å²) in [6.45, 7) is 4.30. The van der Waals surface area contributed by atoms with Gasteiger partial charge in [0.05, 0.1) is 7.11 Å². The lowest BCUT2D eigenvalue weighted by Crippen LogP contribution is -2.38. The maximum absolute atomic E-state index is 11.7. The van der Waals surface area contributed by atoms with Crippen LogP contribution >= 0.6 is 0 Å². The summed E-state index contributed by atoms with van der Waals surface area (Å²) in [5.74, 6) is 1.60. The Balaban J connectivity index is 1.84. The summed E-state index contributed by atoms with van der Waals surface area (Å²) < 4.78 is 5.18. The monoisotopic (exact) mass is 382 g/mol. The van der Waals surface area contributed by atoms with Crippen LogP contribution in [0.2, 0.25) is 0 Å². The summed E-state index contributed by atoms with van der Waals surface area (Å²) in [6, 6.07) is 15.7. The van der Waals surface area contributed by atoms with E-state index in [-0.39, 0.29) is 5.91 Å². The molecule has 150 valence electrons. The molecule has 2 aromatic rings. The molecule has 2 rings (SSSR count). The van der Waals surface area contributed by atoms with E-state index >= 15 is 0 Å². The van der Waals surface area contributed by atoms with Gasteiger partial charge < -0.3 is 20.7 Å². The first kappa shape index (κ1) is 21.3. The van der Waals surface area contributed by atoms with Crippen LogP contribution in [0.5, 0.6) is 5.75 Å². The van der Waals surface area contributed by atoms with Gasteiger partial charge in [-0.05, 0) is 55.2 Å². The van der Waals surface area contributed by atoms with E-state index in [0.29, 0.717) is 12.1 Å². The molecule has 0 radical (unpaired) electrons. The smallest absolute Gasteiger partial charge is 0.251 e. The number of nitrogens with zero attached hydrogens (tertiary/aromatic N) is 1. The molecule has 0 fully saturated rings. The number of carbonyl (C=O) groups is 1. The van der Waals surface area contributed by atoms with E-state index in [2.05, 4.69) is 33.1 Å². The topological polar surface area (TPSA) is 74.8 Å². The number of benzene rings is 2. The third-order valence-corrected chi connectivity index (χ3v) is 4.30. The number of methoxy groups -OCH3 is 1. The molecular weight excluding hydrogens is 352 g/mol. The molecule has 0 aliphatic carbocycles. The fourth-order valence-corrected chi connectivity index (χ4v) is 2.77. The highest BCUT2D eigenvalue weighted by Crippen LogP contribution is 2.11. The van der Waals surface area contributed by atoms with Crippen LogP contribution in [0.3, 0.4) is 0 Å². The number of hydrogen-bond donors (Lipinski definition) is 3. The van der Waals surface area contributed by atoms with Gasteiger partial charge >= 0.3 is 0 Å². The number of carbonyl (C=O) groups excluding carboxylic acids is 1. The number of hydrogen-bond acceptors (Lipinski definition) is 3. The van der Waals surface area contributed by atoms with Gasteiger partial charge in [-0.15, -0.1) is 0 Å². The molecule has 0 spiro atoms. The Hall–Kier alpha value is -3.02. The highest BCUT2D eigenvalue weighted by Gasteiger charge is 2.04. The summed E-state index contributed by atoms with van der Waals surface area (Å²) in [5, 5.41) is 9.27. The Labute approximate surface area is 167 Å². The fourth-order valence-electron chi connectivity index (χ4n) is 2.77. The molecule has 0 unspecified atom stereocenters. The van der Waals surface area contributed by atoms with Gasteiger partial charge in [0.15, 0.2) is 5.96 Å². The van der Waals surface area contributed by atoms with E-state index in [9.17, 15) is 4.79 Å². The van der Waals surface area contributed by atoms with Crippen LogP contribution < -0.4 is 20.7 Å². The molecule has 2 aromatic carbocycles. The second-order valence-corrected chi connectivity index (χ2v) is 6.32. The molecule has 0 heterocycles. The van der Waals surface area contributed by atoms with E-state index in [1.165, 1.54) is 5.56 Å². The van der Waals surface area contributed by atoms with E-state index < -0.39 is 0 Å². The molecule has 6 heteroatoms. The van der Waals surface area contributed by atoms with Crippen molar-refractivity contribution in [3.63, 3.8) is 0 Å². The molecule has 3 N–H and O–H groups in total. The van der Waals surface area contributed by atoms with Crippen molar-refractivity contribution in [1.82, 2.24) is 16.0 Å². The minimum absolute atomic E-state index is 0.0664. The van der Waals surface area contributed by atoms with Gasteiger partial charge in [0.2, 0.25) is 0 Å². The largest absolute Gasteiger partial charge is 0.497 e. The van der Waals surface area contributed by atoms with Gasteiger partial charge in [-0.25, -0.2) is 0 Å². The number of guanidine groups is 1. The van der Waals surface area contributed by atoms with Crippen molar-refractivity contribution in [2.24, 2.45) is 4.99 Å². The fraction of sp³-hybridized carbons (Fsp3) is 0.364. The highest BCUT2D eigenvalue weighted by molar-refractivity contribution is 5.94. The molecule has 28 heavy (non-hydrogen) atoms. The molecule has 0 saturated heterocycles. The van der Waals surface area contributed by atoms with Crippen molar-refractivity contribution >= 4 is 11.9 Å². The first-order valence-electron chi connectivity index (χ1n) is 9.62. The lowest BCUT2D eigenvalue weighted by atomic mass is 10.1. The molecule has 0 aromatic heterocycles. The number of nitrogens with one attached hydrogen (secondary N) is 3. The van der Waals surface area contributed by atoms with E-state index in [1.807, 2.05) is 43.3 Å². The normalized spacial score (nSPS) is 11.0. The van der Waals surface area contributed by atoms with Gasteiger partial charge in [-0.2, -0.15) is 0 Å². The van der Waals surface area contributed by atoms with Crippen LogP contribution in [0.15, 0.2) is 53.5 Å². The summed E-state index contributed by atoms with van der Waals surface area (Å²) in [4.78, 5) is 16.4. The molecule has 0 aliphatic rings. The Morgan fingerprint density at radius 1 is 1.04 bits per heavy atom. The van der Waals surface area contributed by atoms with Crippen molar-refractivity contribution in [2.75, 3.05) is 33.8 Å². The first-order chi connectivity index (χ1) is 13.7. The second-order valence-electron chi connectivity index (χ2n) is 6.32. The standard InChI is InChI=1S/C22H30N4O2/c1-4-24-22(25-14-12-17-8-10-20(28-3)11-9-17)26-15-13-18-6-5-7-19(16-18)21(27)23-2/h5-11,16H,4,12-15H2,1-3H3,(H,23,27)(H2,24,25,26). The third kappa shape index (κ3) is 6.95. The summed E-state index contributed by atoms with van der Waals surface area (Å²) >= 11 is 0. The van der Waals surface area contributed by atoms with Crippen molar-refractivity contribution in [1.29, 1.82) is 0 Å². The third-order valence-electron chi connectivity index (χ3n) is 4.30. The van der Waals surface area contributed by atoms with Gasteiger partial charge in [0, 0.05) is 32.2 Å². The number of ether oxygens (including phenoxy) is 1. The maximum atomic E-state index is 11.7. The Morgan fingerprint density at radius 2 is 1.82 bits per heavy atom. The van der Waals surface area contributed by atoms with E-state index in [0.717, 1.165) is 43.2 Å². The zero-order chi connectivity index (χ0) is 20.2. The lowest BCUT2D eigenvalue weighted by molar-refractivity contribution is 0.0963. The van der Waals surface area contributed by atoms with Crippen molar-refractivity contribution in [2.45, 2.75) is 19.8 Å². The summed E-state index contributed by atoms with van der Waals surface area (Å²) in [7, 11) is 3.31. The molecule has 0 saturated carbocycles. The molecule has 0 aliphatic heterocycles. The zero-order valence-corrected chi connectivity index (χ0v) is 16.9. The minimum atomic E-state index is -0.0664. The SMILES string of the molecule is CCNC(=NCCc1ccc(OC)cc1)NCCc1cccc(C(=O)NC)c1. The average molecular weight is 383 g/mol. The molecule has 0 bridgehead atoms. The van der Waals surface area contributed by atoms with E-state index in [1.54, 1.807) is 14.2 Å². The minimum Gasteiger partial charge on any atom is -0.497 e. The molecular formula is C22H30N4O2. The average Bonchev–Trinajstić information content (AvgIpc) is 2.74. The van der Waals surface area contributed by atoms with Gasteiger partial charge in [0.25, 0.3) is 5.91 Å². The predicted octanol–water partition coefficient (Wildman–Crippen LogP) is 2.40. The Morgan fingerprint density at radius 3 is 2.50 bits per heavy atom. The van der Waals surface area contributed by atoms with Gasteiger partial charge in [0.1, 0.15) is 5.75 Å². The summed E-state index contributed by atoms with van der Waals surface area (Å²) in [6.07, 6.45) is 1.68. The quantitative estimate of drug-likeness (QED) is 0.460.